The van der Waals surface area contributed by atoms with Crippen molar-refractivity contribution in [2.24, 2.45) is 0 Å². The first-order chi connectivity index (χ1) is 9.81. The van der Waals surface area contributed by atoms with Gasteiger partial charge >= 0.3 is 0 Å². The number of nitrogens with zero attached hydrogens (tertiary/aromatic N) is 1. The van der Waals surface area contributed by atoms with Crippen molar-refractivity contribution in [3.05, 3.63) is 40.8 Å². The number of aromatic nitrogens is 2. The summed E-state index contributed by atoms with van der Waals surface area (Å²) in [6.07, 6.45) is 8.71. The fourth-order valence-corrected chi connectivity index (χ4v) is 3.19. The monoisotopic (exact) mass is 333 g/mol. The Morgan fingerprint density at radius 3 is 2.90 bits per heavy atom. The number of H-pyrrole nitrogens is 1. The van der Waals surface area contributed by atoms with E-state index in [0.717, 1.165) is 28.1 Å². The van der Waals surface area contributed by atoms with Crippen LogP contribution in [0.3, 0.4) is 0 Å². The smallest absolute Gasteiger partial charge is 0.120 e. The van der Waals surface area contributed by atoms with Gasteiger partial charge in [-0.3, -0.25) is 0 Å². The highest BCUT2D eigenvalue weighted by molar-refractivity contribution is 9.10. The van der Waals surface area contributed by atoms with E-state index in [1.165, 1.54) is 32.1 Å². The van der Waals surface area contributed by atoms with Crippen LogP contribution in [0.1, 0.15) is 37.9 Å². The van der Waals surface area contributed by atoms with Crippen LogP contribution in [-0.4, -0.2) is 16.0 Å². The van der Waals surface area contributed by atoms with Gasteiger partial charge in [0.1, 0.15) is 5.82 Å². The Morgan fingerprint density at radius 1 is 1.25 bits per heavy atom. The van der Waals surface area contributed by atoms with E-state index >= 15 is 0 Å². The lowest BCUT2D eigenvalue weighted by Gasteiger charge is -2.22. The third-order valence-electron chi connectivity index (χ3n) is 3.91. The molecule has 0 bridgehead atoms. The summed E-state index contributed by atoms with van der Waals surface area (Å²) in [6, 6.07) is 8.91. The molecule has 1 aromatic heterocycles. The summed E-state index contributed by atoms with van der Waals surface area (Å²) in [7, 11) is 0. The van der Waals surface area contributed by atoms with Crippen LogP contribution < -0.4 is 5.32 Å². The molecule has 3 rings (SSSR count). The summed E-state index contributed by atoms with van der Waals surface area (Å²) in [5.74, 6) is 1.02. The lowest BCUT2D eigenvalue weighted by atomic mass is 9.95. The van der Waals surface area contributed by atoms with Crippen molar-refractivity contribution in [3.8, 4) is 11.3 Å². The Kier molecular flexibility index (Phi) is 4.53. The van der Waals surface area contributed by atoms with Crippen LogP contribution in [0.25, 0.3) is 11.3 Å². The van der Waals surface area contributed by atoms with E-state index in [4.69, 9.17) is 0 Å². The van der Waals surface area contributed by atoms with Crippen molar-refractivity contribution < 1.29 is 0 Å². The summed E-state index contributed by atoms with van der Waals surface area (Å²) in [4.78, 5) is 7.94. The van der Waals surface area contributed by atoms with Gasteiger partial charge < -0.3 is 10.3 Å². The normalized spacial score (nSPS) is 16.4. The lowest BCUT2D eigenvalue weighted by Crippen LogP contribution is -2.30. The summed E-state index contributed by atoms with van der Waals surface area (Å²) >= 11 is 3.50. The molecule has 1 aliphatic rings. The predicted molar refractivity (Wildman–Crippen MR) is 85.4 cm³/mol. The minimum absolute atomic E-state index is 0.670. The second kappa shape index (κ2) is 6.55. The quantitative estimate of drug-likeness (QED) is 0.877. The van der Waals surface area contributed by atoms with Crippen molar-refractivity contribution in [2.45, 2.75) is 44.7 Å². The molecule has 1 aliphatic carbocycles. The zero-order valence-corrected chi connectivity index (χ0v) is 13.1. The van der Waals surface area contributed by atoms with E-state index < -0.39 is 0 Å². The minimum atomic E-state index is 0.670. The van der Waals surface area contributed by atoms with Gasteiger partial charge in [-0.25, -0.2) is 4.98 Å². The fourth-order valence-electron chi connectivity index (χ4n) is 2.80. The average molecular weight is 334 g/mol. The van der Waals surface area contributed by atoms with Gasteiger partial charge in [0.2, 0.25) is 0 Å². The average Bonchev–Trinajstić information content (AvgIpc) is 2.95. The first-order valence-corrected chi connectivity index (χ1v) is 8.14. The van der Waals surface area contributed by atoms with Crippen molar-refractivity contribution in [2.75, 3.05) is 0 Å². The molecule has 0 spiro atoms. The molecular weight excluding hydrogens is 314 g/mol. The Balaban J connectivity index is 1.61. The molecule has 0 aliphatic heterocycles. The lowest BCUT2D eigenvalue weighted by molar-refractivity contribution is 0.369. The highest BCUT2D eigenvalue weighted by Gasteiger charge is 2.13. The molecule has 106 valence electrons. The van der Waals surface area contributed by atoms with Gasteiger partial charge in [0, 0.05) is 22.3 Å². The standard InChI is InChI=1S/C16H20BrN3/c17-13-6-4-5-12(9-13)15-10-19-16(20-15)11-18-14-7-2-1-3-8-14/h4-6,9-10,14,18H,1-3,7-8,11H2,(H,19,20). The Labute approximate surface area is 128 Å². The van der Waals surface area contributed by atoms with Gasteiger partial charge in [-0.15, -0.1) is 0 Å². The Bertz CT molecular complexity index is 558. The highest BCUT2D eigenvalue weighted by atomic mass is 79.9. The van der Waals surface area contributed by atoms with Crippen molar-refractivity contribution in [3.63, 3.8) is 0 Å². The molecule has 20 heavy (non-hydrogen) atoms. The van der Waals surface area contributed by atoms with Crippen LogP contribution in [0.4, 0.5) is 0 Å². The number of benzene rings is 1. The zero-order chi connectivity index (χ0) is 13.8. The van der Waals surface area contributed by atoms with Gasteiger partial charge in [0.15, 0.2) is 0 Å². The molecule has 2 N–H and O–H groups in total. The molecule has 0 amide bonds. The molecular formula is C16H20BrN3. The number of hydrogen-bond donors (Lipinski definition) is 2. The van der Waals surface area contributed by atoms with Gasteiger partial charge in [-0.1, -0.05) is 47.3 Å². The number of imidazole rings is 1. The number of nitrogens with one attached hydrogen (secondary N) is 2. The molecule has 3 nitrogen and oxygen atoms in total. The number of hydrogen-bond acceptors (Lipinski definition) is 2. The van der Waals surface area contributed by atoms with E-state index in [1.807, 2.05) is 18.3 Å². The van der Waals surface area contributed by atoms with E-state index in [1.54, 1.807) is 0 Å². The summed E-state index contributed by atoms with van der Waals surface area (Å²) in [5, 5.41) is 3.61. The predicted octanol–water partition coefficient (Wildman–Crippen LogP) is 4.26. The molecule has 0 unspecified atom stereocenters. The van der Waals surface area contributed by atoms with Crippen LogP contribution in [0.5, 0.6) is 0 Å². The molecule has 2 aromatic rings. The van der Waals surface area contributed by atoms with Crippen LogP contribution in [0, 0.1) is 0 Å². The molecule has 0 atom stereocenters. The van der Waals surface area contributed by atoms with Gasteiger partial charge in [0.05, 0.1) is 12.2 Å². The van der Waals surface area contributed by atoms with Crippen molar-refractivity contribution in [1.29, 1.82) is 0 Å². The summed E-state index contributed by atoms with van der Waals surface area (Å²) in [6.45, 7) is 0.832. The maximum atomic E-state index is 4.67. The van der Waals surface area contributed by atoms with Crippen LogP contribution >= 0.6 is 15.9 Å². The maximum Gasteiger partial charge on any atom is 0.120 e. The number of halogens is 1. The zero-order valence-electron chi connectivity index (χ0n) is 11.5. The van der Waals surface area contributed by atoms with Gasteiger partial charge in [-0.2, -0.15) is 0 Å². The van der Waals surface area contributed by atoms with E-state index in [-0.39, 0.29) is 0 Å². The molecule has 4 heteroatoms. The topological polar surface area (TPSA) is 40.7 Å². The molecule has 1 saturated carbocycles. The second-order valence-corrected chi connectivity index (χ2v) is 6.37. The fraction of sp³-hybridized carbons (Fsp3) is 0.438. The Hall–Kier alpha value is -1.13. The Morgan fingerprint density at radius 2 is 2.10 bits per heavy atom. The van der Waals surface area contributed by atoms with E-state index in [2.05, 4.69) is 43.3 Å². The molecule has 1 aromatic carbocycles. The first kappa shape index (κ1) is 13.8. The van der Waals surface area contributed by atoms with Crippen LogP contribution in [0.15, 0.2) is 34.9 Å². The molecule has 0 saturated heterocycles. The van der Waals surface area contributed by atoms with Crippen LogP contribution in [0.2, 0.25) is 0 Å². The second-order valence-electron chi connectivity index (χ2n) is 5.46. The maximum absolute atomic E-state index is 4.67. The van der Waals surface area contributed by atoms with Crippen molar-refractivity contribution in [1.82, 2.24) is 15.3 Å². The highest BCUT2D eigenvalue weighted by Crippen LogP contribution is 2.21. The van der Waals surface area contributed by atoms with Crippen LogP contribution in [-0.2, 0) is 6.54 Å². The first-order valence-electron chi connectivity index (χ1n) is 7.35. The molecule has 0 radical (unpaired) electrons. The third-order valence-corrected chi connectivity index (χ3v) is 4.41. The minimum Gasteiger partial charge on any atom is -0.347 e. The number of rotatable bonds is 4. The third kappa shape index (κ3) is 3.49. The molecule has 1 heterocycles. The molecule has 1 fully saturated rings. The SMILES string of the molecule is Brc1cccc(-c2c[nH]c(CNC3CCCCC3)n2)c1. The summed E-state index contributed by atoms with van der Waals surface area (Å²) in [5.41, 5.74) is 2.14. The van der Waals surface area contributed by atoms with Gasteiger partial charge in [0.25, 0.3) is 0 Å². The number of aromatic amines is 1. The van der Waals surface area contributed by atoms with Gasteiger partial charge in [-0.05, 0) is 25.0 Å². The largest absolute Gasteiger partial charge is 0.347 e. The van der Waals surface area contributed by atoms with E-state index in [0.29, 0.717) is 6.04 Å². The van der Waals surface area contributed by atoms with E-state index in [9.17, 15) is 0 Å². The van der Waals surface area contributed by atoms with Crippen molar-refractivity contribution >= 4 is 15.9 Å². The summed E-state index contributed by atoms with van der Waals surface area (Å²) < 4.78 is 1.08.